The van der Waals surface area contributed by atoms with Gasteiger partial charge in [0.15, 0.2) is 0 Å². The van der Waals surface area contributed by atoms with E-state index < -0.39 is 0 Å². The summed E-state index contributed by atoms with van der Waals surface area (Å²) in [5.41, 5.74) is 3.62. The number of carbonyl (C=O) groups excluding carboxylic acids is 2. The molecule has 0 bridgehead atoms. The molecule has 1 N–H and O–H groups in total. The first-order valence-electron chi connectivity index (χ1n) is 10.7. The van der Waals surface area contributed by atoms with Crippen molar-refractivity contribution in [2.24, 2.45) is 0 Å². The summed E-state index contributed by atoms with van der Waals surface area (Å²) in [6.07, 6.45) is 0.368. The van der Waals surface area contributed by atoms with E-state index in [4.69, 9.17) is 11.6 Å². The first kappa shape index (κ1) is 24.3. The molecule has 0 fully saturated rings. The summed E-state index contributed by atoms with van der Waals surface area (Å²) in [6, 6.07) is 18.6. The third-order valence-electron chi connectivity index (χ3n) is 5.21. The van der Waals surface area contributed by atoms with Gasteiger partial charge >= 0.3 is 0 Å². The summed E-state index contributed by atoms with van der Waals surface area (Å²) >= 11 is 6.32. The second-order valence-corrected chi connectivity index (χ2v) is 8.31. The molecule has 172 valence electrons. The van der Waals surface area contributed by atoms with E-state index in [1.165, 1.54) is 12.1 Å². The van der Waals surface area contributed by atoms with E-state index in [0.717, 1.165) is 16.8 Å². The highest BCUT2D eigenvalue weighted by atomic mass is 35.5. The molecule has 0 saturated carbocycles. The number of nitrogens with one attached hydrogen (secondary N) is 1. The molecule has 0 spiro atoms. The third kappa shape index (κ3) is 6.33. The minimum atomic E-state index is -0.336. The van der Waals surface area contributed by atoms with E-state index in [-0.39, 0.29) is 30.7 Å². The molecule has 0 radical (unpaired) electrons. The molecule has 0 atom stereocenters. The lowest BCUT2D eigenvalue weighted by Crippen LogP contribution is -2.31. The van der Waals surface area contributed by atoms with Crippen LogP contribution in [-0.4, -0.2) is 30.8 Å². The number of halogens is 2. The third-order valence-corrected chi connectivity index (χ3v) is 5.54. The fraction of sp³-hybridized carbons (Fsp3) is 0.231. The Morgan fingerprint density at radius 1 is 0.970 bits per heavy atom. The first-order chi connectivity index (χ1) is 15.8. The van der Waals surface area contributed by atoms with Crippen LogP contribution in [0.1, 0.15) is 34.8 Å². The van der Waals surface area contributed by atoms with Gasteiger partial charge in [-0.15, -0.1) is 0 Å². The summed E-state index contributed by atoms with van der Waals surface area (Å²) in [6.45, 7) is 2.32. The standard InChI is InChI=1S/C26H27ClFN3O2/c1-4-25(32)29-21-13-14-24(30(2)3)19(15-21)17-31(16-18-9-11-20(28)12-10-18)26(33)22-7-5-6-8-23(22)27/h5-15H,4,16-17H2,1-3H3,(H,29,32). The lowest BCUT2D eigenvalue weighted by Gasteiger charge is -2.27. The number of hydrogen-bond acceptors (Lipinski definition) is 3. The van der Waals surface area contributed by atoms with Crippen LogP contribution in [0.5, 0.6) is 0 Å². The Morgan fingerprint density at radius 2 is 1.67 bits per heavy atom. The predicted molar refractivity (Wildman–Crippen MR) is 131 cm³/mol. The SMILES string of the molecule is CCC(=O)Nc1ccc(N(C)C)c(CN(Cc2ccc(F)cc2)C(=O)c2ccccc2Cl)c1. The average molecular weight is 468 g/mol. The van der Waals surface area contributed by atoms with Gasteiger partial charge in [0.2, 0.25) is 5.91 Å². The van der Waals surface area contributed by atoms with Gasteiger partial charge in [0, 0.05) is 45.0 Å². The van der Waals surface area contributed by atoms with Gasteiger partial charge in [-0.1, -0.05) is 42.8 Å². The number of hydrogen-bond donors (Lipinski definition) is 1. The Hall–Kier alpha value is -3.38. The summed E-state index contributed by atoms with van der Waals surface area (Å²) in [5.74, 6) is -0.663. The number of nitrogens with zero attached hydrogens (tertiary/aromatic N) is 2. The number of benzene rings is 3. The molecular weight excluding hydrogens is 441 g/mol. The highest BCUT2D eigenvalue weighted by Gasteiger charge is 2.21. The van der Waals surface area contributed by atoms with Crippen molar-refractivity contribution in [2.45, 2.75) is 26.4 Å². The van der Waals surface area contributed by atoms with E-state index in [1.54, 1.807) is 48.2 Å². The van der Waals surface area contributed by atoms with Crippen LogP contribution in [0.4, 0.5) is 15.8 Å². The maximum atomic E-state index is 13.5. The van der Waals surface area contributed by atoms with Gasteiger partial charge in [-0.3, -0.25) is 9.59 Å². The van der Waals surface area contributed by atoms with Crippen molar-refractivity contribution in [3.05, 3.63) is 94.3 Å². The maximum absolute atomic E-state index is 13.5. The second-order valence-electron chi connectivity index (χ2n) is 7.91. The Kier molecular flexibility index (Phi) is 8.06. The van der Waals surface area contributed by atoms with E-state index in [1.807, 2.05) is 37.2 Å². The fourth-order valence-corrected chi connectivity index (χ4v) is 3.71. The maximum Gasteiger partial charge on any atom is 0.255 e. The van der Waals surface area contributed by atoms with Crippen molar-refractivity contribution in [1.82, 2.24) is 4.90 Å². The Bertz CT molecular complexity index is 1130. The van der Waals surface area contributed by atoms with Gasteiger partial charge < -0.3 is 15.1 Å². The lowest BCUT2D eigenvalue weighted by molar-refractivity contribution is -0.115. The van der Waals surface area contributed by atoms with E-state index in [9.17, 15) is 14.0 Å². The molecule has 2 amide bonds. The average Bonchev–Trinajstić information content (AvgIpc) is 2.79. The molecule has 0 aliphatic rings. The normalized spacial score (nSPS) is 10.6. The molecule has 7 heteroatoms. The zero-order chi connectivity index (χ0) is 24.0. The Labute approximate surface area is 198 Å². The lowest BCUT2D eigenvalue weighted by atomic mass is 10.1. The zero-order valence-electron chi connectivity index (χ0n) is 18.9. The van der Waals surface area contributed by atoms with Gasteiger partial charge in [0.1, 0.15) is 5.82 Å². The van der Waals surface area contributed by atoms with Crippen molar-refractivity contribution < 1.29 is 14.0 Å². The van der Waals surface area contributed by atoms with Crippen LogP contribution in [-0.2, 0) is 17.9 Å². The molecule has 0 aliphatic carbocycles. The first-order valence-corrected chi connectivity index (χ1v) is 11.0. The summed E-state index contributed by atoms with van der Waals surface area (Å²) in [4.78, 5) is 29.0. The fourth-order valence-electron chi connectivity index (χ4n) is 3.50. The largest absolute Gasteiger partial charge is 0.377 e. The van der Waals surface area contributed by atoms with Gasteiger partial charge in [0.25, 0.3) is 5.91 Å². The number of amides is 2. The van der Waals surface area contributed by atoms with Crippen LogP contribution < -0.4 is 10.2 Å². The van der Waals surface area contributed by atoms with Crippen LogP contribution in [0, 0.1) is 5.82 Å². The topological polar surface area (TPSA) is 52.7 Å². The molecule has 0 heterocycles. The van der Waals surface area contributed by atoms with Crippen molar-refractivity contribution in [1.29, 1.82) is 0 Å². The van der Waals surface area contributed by atoms with Crippen LogP contribution in [0.2, 0.25) is 5.02 Å². The Balaban J connectivity index is 2.00. The quantitative estimate of drug-likeness (QED) is 0.460. The van der Waals surface area contributed by atoms with Gasteiger partial charge in [0.05, 0.1) is 10.6 Å². The predicted octanol–water partition coefficient (Wildman–Crippen LogP) is 5.74. The van der Waals surface area contributed by atoms with Crippen LogP contribution in [0.3, 0.4) is 0 Å². The number of anilines is 2. The summed E-state index contributed by atoms with van der Waals surface area (Å²) in [7, 11) is 3.84. The summed E-state index contributed by atoms with van der Waals surface area (Å²) in [5, 5.41) is 3.24. The van der Waals surface area contributed by atoms with E-state index in [0.29, 0.717) is 22.7 Å². The van der Waals surface area contributed by atoms with E-state index >= 15 is 0 Å². The van der Waals surface area contributed by atoms with Crippen LogP contribution >= 0.6 is 11.6 Å². The molecule has 5 nitrogen and oxygen atoms in total. The molecule has 0 aliphatic heterocycles. The molecule has 3 rings (SSSR count). The van der Waals surface area contributed by atoms with E-state index in [2.05, 4.69) is 5.32 Å². The Morgan fingerprint density at radius 3 is 2.30 bits per heavy atom. The van der Waals surface area contributed by atoms with Crippen molar-refractivity contribution in [3.8, 4) is 0 Å². The van der Waals surface area contributed by atoms with Gasteiger partial charge in [-0.25, -0.2) is 4.39 Å². The van der Waals surface area contributed by atoms with Crippen LogP contribution in [0.15, 0.2) is 66.7 Å². The highest BCUT2D eigenvalue weighted by molar-refractivity contribution is 6.33. The van der Waals surface area contributed by atoms with Crippen LogP contribution in [0.25, 0.3) is 0 Å². The highest BCUT2D eigenvalue weighted by Crippen LogP contribution is 2.27. The van der Waals surface area contributed by atoms with Gasteiger partial charge in [-0.05, 0) is 53.6 Å². The minimum Gasteiger partial charge on any atom is -0.377 e. The molecule has 33 heavy (non-hydrogen) atoms. The molecule has 3 aromatic carbocycles. The smallest absolute Gasteiger partial charge is 0.255 e. The molecule has 3 aromatic rings. The number of carbonyl (C=O) groups is 2. The molecule has 0 aromatic heterocycles. The summed E-state index contributed by atoms with van der Waals surface area (Å²) < 4.78 is 13.4. The monoisotopic (exact) mass is 467 g/mol. The number of rotatable bonds is 8. The van der Waals surface area contributed by atoms with Crippen molar-refractivity contribution >= 4 is 34.8 Å². The van der Waals surface area contributed by atoms with Gasteiger partial charge in [-0.2, -0.15) is 0 Å². The minimum absolute atomic E-state index is 0.0890. The molecule has 0 saturated heterocycles. The zero-order valence-corrected chi connectivity index (χ0v) is 19.7. The van der Waals surface area contributed by atoms with Crippen molar-refractivity contribution in [2.75, 3.05) is 24.3 Å². The second kappa shape index (κ2) is 11.0. The molecule has 0 unspecified atom stereocenters. The van der Waals surface area contributed by atoms with Crippen molar-refractivity contribution in [3.63, 3.8) is 0 Å². The molecular formula is C26H27ClFN3O2.